The lowest BCUT2D eigenvalue weighted by Crippen LogP contribution is -2.29. The highest BCUT2D eigenvalue weighted by Crippen LogP contribution is 2.44. The average Bonchev–Trinajstić information content (AvgIpc) is 3.46. The quantitative estimate of drug-likeness (QED) is 0.306. The number of furan rings is 1. The van der Waals surface area contributed by atoms with Crippen LogP contribution >= 0.6 is 35.4 Å². The summed E-state index contributed by atoms with van der Waals surface area (Å²) in [4.78, 5) is 6.60. The number of hydrogen-bond acceptors (Lipinski definition) is 4. The Balaban J connectivity index is 1.62. The highest BCUT2D eigenvalue weighted by molar-refractivity contribution is 7.80. The molecule has 0 spiro atoms. The van der Waals surface area contributed by atoms with E-state index >= 15 is 0 Å². The number of hydrogen-bond donors (Lipinski definition) is 1. The summed E-state index contributed by atoms with van der Waals surface area (Å²) in [6, 6.07) is 22.4. The molecule has 3 heterocycles. The zero-order chi connectivity index (χ0) is 22.9. The van der Waals surface area contributed by atoms with E-state index in [1.807, 2.05) is 71.6 Å². The maximum Gasteiger partial charge on any atom is 0.174 e. The van der Waals surface area contributed by atoms with Crippen LogP contribution in [0.4, 0.5) is 5.69 Å². The molecule has 1 saturated heterocycles. The van der Waals surface area contributed by atoms with Crippen LogP contribution in [0, 0.1) is 0 Å². The van der Waals surface area contributed by atoms with Gasteiger partial charge in [0.2, 0.25) is 0 Å². The Morgan fingerprint density at radius 3 is 2.67 bits per heavy atom. The van der Waals surface area contributed by atoms with Crippen molar-refractivity contribution in [3.63, 3.8) is 0 Å². The summed E-state index contributed by atoms with van der Waals surface area (Å²) in [5.74, 6) is 2.08. The zero-order valence-corrected chi connectivity index (χ0v) is 19.9. The monoisotopic (exact) mass is 495 g/mol. The van der Waals surface area contributed by atoms with Crippen LogP contribution in [-0.4, -0.2) is 17.2 Å². The number of pyridine rings is 1. The largest absolute Gasteiger partial charge is 0.497 e. The van der Waals surface area contributed by atoms with E-state index in [-0.39, 0.29) is 12.1 Å². The molecule has 4 aromatic rings. The molecule has 5 nitrogen and oxygen atoms in total. The van der Waals surface area contributed by atoms with Crippen molar-refractivity contribution in [1.82, 2.24) is 10.3 Å². The highest BCUT2D eigenvalue weighted by Gasteiger charge is 2.42. The Kier molecular flexibility index (Phi) is 5.98. The second-order valence-electron chi connectivity index (χ2n) is 7.50. The number of thiocarbonyl (C=S) groups is 1. The number of nitrogens with one attached hydrogen (secondary N) is 1. The van der Waals surface area contributed by atoms with Gasteiger partial charge in [0.1, 0.15) is 23.3 Å². The van der Waals surface area contributed by atoms with Crippen LogP contribution in [0.3, 0.4) is 0 Å². The lowest BCUT2D eigenvalue weighted by molar-refractivity contribution is 0.414. The molecule has 8 heteroatoms. The summed E-state index contributed by atoms with van der Waals surface area (Å²) in [5.41, 5.74) is 2.47. The van der Waals surface area contributed by atoms with Crippen molar-refractivity contribution in [3.8, 4) is 17.1 Å². The van der Waals surface area contributed by atoms with Crippen molar-refractivity contribution in [3.05, 3.63) is 100 Å². The Bertz CT molecular complexity index is 1310. The Hall–Kier alpha value is -3.06. The number of nitrogens with zero attached hydrogens (tertiary/aromatic N) is 2. The van der Waals surface area contributed by atoms with Crippen LogP contribution in [0.25, 0.3) is 11.3 Å². The lowest BCUT2D eigenvalue weighted by Gasteiger charge is -2.26. The molecule has 0 saturated carbocycles. The van der Waals surface area contributed by atoms with E-state index in [2.05, 4.69) is 10.3 Å². The fourth-order valence-electron chi connectivity index (χ4n) is 4.03. The molecule has 1 fully saturated rings. The lowest BCUT2D eigenvalue weighted by atomic mass is 10.0. The molecule has 0 aliphatic carbocycles. The van der Waals surface area contributed by atoms with Crippen LogP contribution in [0.1, 0.15) is 23.5 Å². The minimum atomic E-state index is -0.286. The number of methoxy groups -OCH3 is 1. The van der Waals surface area contributed by atoms with Gasteiger partial charge in [-0.25, -0.2) is 0 Å². The van der Waals surface area contributed by atoms with E-state index in [1.54, 1.807) is 19.4 Å². The molecule has 2 aromatic carbocycles. The number of ether oxygens (including phenoxy) is 1. The number of benzene rings is 2. The minimum absolute atomic E-state index is 0.223. The SMILES string of the molecule is COc1cccc(N2C(=S)NC(c3ccccn3)C2c2ccc(-c3cccc(Cl)c3Cl)o2)c1. The van der Waals surface area contributed by atoms with Crippen LogP contribution in [-0.2, 0) is 0 Å². The average molecular weight is 496 g/mol. The fourth-order valence-corrected chi connectivity index (χ4v) is 4.77. The third-order valence-electron chi connectivity index (χ3n) is 5.56. The van der Waals surface area contributed by atoms with Crippen molar-refractivity contribution < 1.29 is 9.15 Å². The summed E-state index contributed by atoms with van der Waals surface area (Å²) in [7, 11) is 1.64. The molecule has 1 aliphatic rings. The summed E-state index contributed by atoms with van der Waals surface area (Å²) >= 11 is 18.4. The van der Waals surface area contributed by atoms with E-state index in [0.29, 0.717) is 26.7 Å². The fraction of sp³-hybridized carbons (Fsp3) is 0.120. The second kappa shape index (κ2) is 9.06. The molecular formula is C25H19Cl2N3O2S. The number of anilines is 1. The van der Waals surface area contributed by atoms with Gasteiger partial charge < -0.3 is 19.4 Å². The van der Waals surface area contributed by atoms with Crippen molar-refractivity contribution >= 4 is 46.2 Å². The van der Waals surface area contributed by atoms with Gasteiger partial charge in [-0.15, -0.1) is 0 Å². The summed E-state index contributed by atoms with van der Waals surface area (Å²) in [6.45, 7) is 0. The van der Waals surface area contributed by atoms with Crippen LogP contribution in [0.15, 0.2) is 83.4 Å². The Morgan fingerprint density at radius 2 is 1.88 bits per heavy atom. The van der Waals surface area contributed by atoms with Crippen molar-refractivity contribution in [2.45, 2.75) is 12.1 Å². The molecular weight excluding hydrogens is 477 g/mol. The van der Waals surface area contributed by atoms with Gasteiger partial charge in [-0.05, 0) is 60.7 Å². The maximum absolute atomic E-state index is 6.44. The van der Waals surface area contributed by atoms with E-state index in [1.165, 1.54) is 0 Å². The van der Waals surface area contributed by atoms with Gasteiger partial charge in [-0.1, -0.05) is 41.4 Å². The zero-order valence-electron chi connectivity index (χ0n) is 17.5. The van der Waals surface area contributed by atoms with Crippen LogP contribution in [0.2, 0.25) is 10.0 Å². The van der Waals surface area contributed by atoms with Gasteiger partial charge in [0.15, 0.2) is 5.11 Å². The molecule has 33 heavy (non-hydrogen) atoms. The van der Waals surface area contributed by atoms with Gasteiger partial charge in [-0.3, -0.25) is 4.98 Å². The van der Waals surface area contributed by atoms with Gasteiger partial charge >= 0.3 is 0 Å². The maximum atomic E-state index is 6.44. The molecule has 2 atom stereocenters. The number of rotatable bonds is 5. The summed E-state index contributed by atoms with van der Waals surface area (Å²) < 4.78 is 11.8. The second-order valence-corrected chi connectivity index (χ2v) is 8.67. The first-order valence-electron chi connectivity index (χ1n) is 10.3. The number of aromatic nitrogens is 1. The molecule has 2 aromatic heterocycles. The molecule has 1 N–H and O–H groups in total. The molecule has 166 valence electrons. The first-order valence-corrected chi connectivity index (χ1v) is 11.4. The summed E-state index contributed by atoms with van der Waals surface area (Å²) in [6.07, 6.45) is 1.77. The predicted molar refractivity (Wildman–Crippen MR) is 135 cm³/mol. The number of halogens is 2. The normalized spacial score (nSPS) is 17.8. The smallest absolute Gasteiger partial charge is 0.174 e. The van der Waals surface area contributed by atoms with Crippen molar-refractivity contribution in [1.29, 1.82) is 0 Å². The van der Waals surface area contributed by atoms with Crippen LogP contribution in [0.5, 0.6) is 5.75 Å². The molecule has 1 aliphatic heterocycles. The standard InChI is InChI=1S/C25H19Cl2N3O2S/c1-31-16-7-4-6-15(14-16)30-24(23(29-25(30)33)19-10-2-3-13-28-19)21-12-11-20(32-21)17-8-5-9-18(26)22(17)27/h2-14,23-24H,1H3,(H,29,33). The van der Waals surface area contributed by atoms with Crippen molar-refractivity contribution in [2.24, 2.45) is 0 Å². The van der Waals surface area contributed by atoms with E-state index in [0.717, 1.165) is 22.7 Å². The molecule has 2 unspecified atom stereocenters. The van der Waals surface area contributed by atoms with E-state index < -0.39 is 0 Å². The Labute approximate surface area is 206 Å². The van der Waals surface area contributed by atoms with Crippen LogP contribution < -0.4 is 15.0 Å². The first kappa shape index (κ1) is 21.8. The third kappa shape index (κ3) is 4.06. The highest BCUT2D eigenvalue weighted by atomic mass is 35.5. The predicted octanol–water partition coefficient (Wildman–Crippen LogP) is 6.83. The van der Waals surface area contributed by atoms with E-state index in [9.17, 15) is 0 Å². The van der Waals surface area contributed by atoms with Gasteiger partial charge in [0.25, 0.3) is 0 Å². The Morgan fingerprint density at radius 1 is 1.03 bits per heavy atom. The topological polar surface area (TPSA) is 50.5 Å². The minimum Gasteiger partial charge on any atom is -0.497 e. The summed E-state index contributed by atoms with van der Waals surface area (Å²) in [5, 5.41) is 4.92. The molecule has 0 bridgehead atoms. The molecule has 0 radical (unpaired) electrons. The van der Waals surface area contributed by atoms with Gasteiger partial charge in [0, 0.05) is 23.5 Å². The third-order valence-corrected chi connectivity index (χ3v) is 6.70. The molecule has 5 rings (SSSR count). The molecule has 0 amide bonds. The van der Waals surface area contributed by atoms with E-state index in [4.69, 9.17) is 44.6 Å². The van der Waals surface area contributed by atoms with Crippen molar-refractivity contribution in [2.75, 3.05) is 12.0 Å². The van der Waals surface area contributed by atoms with Gasteiger partial charge in [0.05, 0.1) is 28.9 Å². The van der Waals surface area contributed by atoms with Gasteiger partial charge in [-0.2, -0.15) is 0 Å². The first-order chi connectivity index (χ1) is 16.1.